The van der Waals surface area contributed by atoms with Crippen molar-refractivity contribution >= 4 is 16.8 Å². The molecule has 0 fully saturated rings. The minimum Gasteiger partial charge on any atom is -0.346 e. The summed E-state index contributed by atoms with van der Waals surface area (Å²) in [5, 5.41) is 0. The Labute approximate surface area is 86.5 Å². The van der Waals surface area contributed by atoms with Gasteiger partial charge in [0.05, 0.1) is 17.2 Å². The van der Waals surface area contributed by atoms with Crippen molar-refractivity contribution in [2.24, 2.45) is 7.05 Å². The van der Waals surface area contributed by atoms with Crippen molar-refractivity contribution in [3.8, 4) is 0 Å². The molecule has 2 heterocycles. The van der Waals surface area contributed by atoms with Crippen LogP contribution in [0, 0.1) is 5.82 Å². The quantitative estimate of drug-likeness (QED) is 0.751. The summed E-state index contributed by atoms with van der Waals surface area (Å²) in [4.78, 5) is 15.0. The van der Waals surface area contributed by atoms with Crippen LogP contribution in [0.4, 0.5) is 4.39 Å². The first kappa shape index (κ1) is 9.83. The molecule has 2 aromatic heterocycles. The molecule has 78 valence electrons. The number of carbonyl (C=O) groups excluding carboxylic acids is 1. The minimum absolute atomic E-state index is 0.0846. The number of Topliss-reactive ketones (excluding diaryl/α,β-unsaturated/α-hetero) is 1. The van der Waals surface area contributed by atoms with E-state index < -0.39 is 0 Å². The fraction of sp³-hybridized carbons (Fsp3) is 0.273. The fourth-order valence-electron chi connectivity index (χ4n) is 1.65. The molecule has 2 rings (SSSR count). The molecule has 0 N–H and O–H groups in total. The molecule has 4 heteroatoms. The van der Waals surface area contributed by atoms with E-state index in [9.17, 15) is 9.18 Å². The van der Waals surface area contributed by atoms with Gasteiger partial charge in [0, 0.05) is 25.2 Å². The standard InChI is InChI=1S/C11H11FN2O/c1-7(15)3-9-5-10-11(14(9)2)4-8(12)6-13-10/h4-6H,3H2,1-2H3. The Morgan fingerprint density at radius 2 is 2.27 bits per heavy atom. The van der Waals surface area contributed by atoms with Crippen LogP contribution in [-0.4, -0.2) is 15.3 Å². The molecule has 0 unspecified atom stereocenters. The monoisotopic (exact) mass is 206 g/mol. The fourth-order valence-corrected chi connectivity index (χ4v) is 1.65. The molecule has 0 aliphatic carbocycles. The Bertz CT molecular complexity index is 531. The lowest BCUT2D eigenvalue weighted by atomic mass is 10.2. The summed E-state index contributed by atoms with van der Waals surface area (Å²) in [6.45, 7) is 1.53. The second kappa shape index (κ2) is 3.46. The van der Waals surface area contributed by atoms with E-state index in [0.29, 0.717) is 11.9 Å². The average molecular weight is 206 g/mol. The van der Waals surface area contributed by atoms with Crippen LogP contribution in [0.1, 0.15) is 12.6 Å². The summed E-state index contributed by atoms with van der Waals surface area (Å²) in [6, 6.07) is 3.24. The van der Waals surface area contributed by atoms with Crippen LogP contribution >= 0.6 is 0 Å². The lowest BCUT2D eigenvalue weighted by Gasteiger charge is -2.00. The van der Waals surface area contributed by atoms with Crippen molar-refractivity contribution in [3.05, 3.63) is 29.8 Å². The number of pyridine rings is 1. The molecule has 0 aromatic carbocycles. The molecule has 3 nitrogen and oxygen atoms in total. The van der Waals surface area contributed by atoms with Gasteiger partial charge in [-0.15, -0.1) is 0 Å². The van der Waals surface area contributed by atoms with E-state index in [1.807, 2.05) is 13.1 Å². The van der Waals surface area contributed by atoms with Crippen molar-refractivity contribution in [1.29, 1.82) is 0 Å². The van der Waals surface area contributed by atoms with Crippen LogP contribution in [0.3, 0.4) is 0 Å². The van der Waals surface area contributed by atoms with E-state index >= 15 is 0 Å². The van der Waals surface area contributed by atoms with E-state index in [1.165, 1.54) is 19.2 Å². The van der Waals surface area contributed by atoms with Gasteiger partial charge >= 0.3 is 0 Å². The maximum atomic E-state index is 12.9. The summed E-state index contributed by atoms with van der Waals surface area (Å²) in [5.41, 5.74) is 2.29. The summed E-state index contributed by atoms with van der Waals surface area (Å²) in [5.74, 6) is -0.278. The molecular formula is C11H11FN2O. The number of hydrogen-bond donors (Lipinski definition) is 0. The number of rotatable bonds is 2. The van der Waals surface area contributed by atoms with Gasteiger partial charge in [-0.1, -0.05) is 0 Å². The molecule has 0 aliphatic heterocycles. The molecule has 0 bridgehead atoms. The lowest BCUT2D eigenvalue weighted by Crippen LogP contribution is -2.02. The van der Waals surface area contributed by atoms with Gasteiger partial charge in [0.15, 0.2) is 0 Å². The lowest BCUT2D eigenvalue weighted by molar-refractivity contribution is -0.116. The second-order valence-electron chi connectivity index (χ2n) is 3.63. The maximum absolute atomic E-state index is 12.9. The zero-order valence-electron chi connectivity index (χ0n) is 8.62. The number of halogens is 1. The largest absolute Gasteiger partial charge is 0.346 e. The number of hydrogen-bond acceptors (Lipinski definition) is 2. The number of aryl methyl sites for hydroxylation is 1. The highest BCUT2D eigenvalue weighted by molar-refractivity contribution is 5.82. The third kappa shape index (κ3) is 1.75. The predicted molar refractivity (Wildman–Crippen MR) is 55.1 cm³/mol. The van der Waals surface area contributed by atoms with Gasteiger partial charge in [0.25, 0.3) is 0 Å². The molecule has 2 aromatic rings. The van der Waals surface area contributed by atoms with Crippen molar-refractivity contribution in [2.75, 3.05) is 0 Å². The van der Waals surface area contributed by atoms with E-state index in [1.54, 1.807) is 4.57 Å². The summed E-state index contributed by atoms with van der Waals surface area (Å²) in [6.07, 6.45) is 1.54. The predicted octanol–water partition coefficient (Wildman–Crippen LogP) is 1.84. The van der Waals surface area contributed by atoms with Crippen molar-refractivity contribution in [1.82, 2.24) is 9.55 Å². The van der Waals surface area contributed by atoms with Crippen LogP contribution in [0.25, 0.3) is 11.0 Å². The molecule has 0 spiro atoms. The van der Waals surface area contributed by atoms with Gasteiger partial charge in [-0.2, -0.15) is 0 Å². The highest BCUT2D eigenvalue weighted by Gasteiger charge is 2.08. The van der Waals surface area contributed by atoms with Gasteiger partial charge in [-0.25, -0.2) is 4.39 Å². The average Bonchev–Trinajstić information content (AvgIpc) is 2.44. The normalized spacial score (nSPS) is 10.9. The molecule has 0 saturated carbocycles. The van der Waals surface area contributed by atoms with Crippen LogP contribution in [-0.2, 0) is 18.3 Å². The van der Waals surface area contributed by atoms with Gasteiger partial charge in [0.1, 0.15) is 11.6 Å². The van der Waals surface area contributed by atoms with Gasteiger partial charge in [0.2, 0.25) is 0 Å². The first-order chi connectivity index (χ1) is 7.08. The van der Waals surface area contributed by atoms with Gasteiger partial charge in [-0.05, 0) is 13.0 Å². The topological polar surface area (TPSA) is 34.9 Å². The van der Waals surface area contributed by atoms with E-state index in [2.05, 4.69) is 4.98 Å². The van der Waals surface area contributed by atoms with Gasteiger partial charge in [-0.3, -0.25) is 9.78 Å². The molecule has 0 aliphatic rings. The van der Waals surface area contributed by atoms with E-state index in [4.69, 9.17) is 0 Å². The van der Waals surface area contributed by atoms with Crippen LogP contribution in [0.2, 0.25) is 0 Å². The zero-order chi connectivity index (χ0) is 11.0. The smallest absolute Gasteiger partial charge is 0.143 e. The second-order valence-corrected chi connectivity index (χ2v) is 3.63. The Morgan fingerprint density at radius 3 is 2.93 bits per heavy atom. The highest BCUT2D eigenvalue weighted by Crippen LogP contribution is 2.17. The summed E-state index contributed by atoms with van der Waals surface area (Å²) in [7, 11) is 1.81. The van der Waals surface area contributed by atoms with Crippen LogP contribution < -0.4 is 0 Å². The minimum atomic E-state index is -0.363. The van der Waals surface area contributed by atoms with Crippen molar-refractivity contribution in [3.63, 3.8) is 0 Å². The van der Waals surface area contributed by atoms with Crippen LogP contribution in [0.5, 0.6) is 0 Å². The zero-order valence-corrected chi connectivity index (χ0v) is 8.62. The summed E-state index contributed by atoms with van der Waals surface area (Å²) >= 11 is 0. The number of carbonyl (C=O) groups is 1. The Hall–Kier alpha value is -1.71. The molecule has 0 radical (unpaired) electrons. The number of ketones is 1. The molecule has 15 heavy (non-hydrogen) atoms. The van der Waals surface area contributed by atoms with Crippen molar-refractivity contribution in [2.45, 2.75) is 13.3 Å². The van der Waals surface area contributed by atoms with Crippen molar-refractivity contribution < 1.29 is 9.18 Å². The Morgan fingerprint density at radius 1 is 1.53 bits per heavy atom. The number of aromatic nitrogens is 2. The Kier molecular flexibility index (Phi) is 2.26. The summed E-state index contributed by atoms with van der Waals surface area (Å²) < 4.78 is 14.7. The number of nitrogens with zero attached hydrogens (tertiary/aromatic N) is 2. The molecular weight excluding hydrogens is 195 g/mol. The number of fused-ring (bicyclic) bond motifs is 1. The van der Waals surface area contributed by atoms with Gasteiger partial charge < -0.3 is 4.57 Å². The third-order valence-corrected chi connectivity index (χ3v) is 2.39. The third-order valence-electron chi connectivity index (χ3n) is 2.39. The maximum Gasteiger partial charge on any atom is 0.143 e. The molecule has 0 saturated heterocycles. The van der Waals surface area contributed by atoms with E-state index in [-0.39, 0.29) is 11.6 Å². The van der Waals surface area contributed by atoms with E-state index in [0.717, 1.165) is 11.2 Å². The van der Waals surface area contributed by atoms with Crippen LogP contribution in [0.15, 0.2) is 18.3 Å². The SMILES string of the molecule is CC(=O)Cc1cc2ncc(F)cc2n1C. The first-order valence-corrected chi connectivity index (χ1v) is 4.67. The molecule has 0 amide bonds. The first-order valence-electron chi connectivity index (χ1n) is 4.67. The highest BCUT2D eigenvalue weighted by atomic mass is 19.1. The molecule has 0 atom stereocenters. The Balaban J connectivity index is 2.59.